The first-order valence-electron chi connectivity index (χ1n) is 4.43. The molecule has 1 heterocycles. The predicted molar refractivity (Wildman–Crippen MR) is 55.4 cm³/mol. The molecule has 0 atom stereocenters. The summed E-state index contributed by atoms with van der Waals surface area (Å²) in [6.07, 6.45) is 1.30. The van der Waals surface area contributed by atoms with Crippen LogP contribution in [0.15, 0.2) is 4.79 Å². The molecule has 0 saturated heterocycles. The molecule has 0 saturated carbocycles. The Kier molecular flexibility index (Phi) is 3.82. The first-order chi connectivity index (χ1) is 6.58. The van der Waals surface area contributed by atoms with Gasteiger partial charge in [0.15, 0.2) is 0 Å². The van der Waals surface area contributed by atoms with Gasteiger partial charge in [0.2, 0.25) is 11.0 Å². The molecule has 1 rings (SSSR count). The number of amides is 1. The zero-order valence-corrected chi connectivity index (χ0v) is 8.98. The van der Waals surface area contributed by atoms with Crippen LogP contribution in [0.25, 0.3) is 0 Å². The maximum atomic E-state index is 11.3. The molecule has 1 aromatic rings. The van der Waals surface area contributed by atoms with Crippen LogP contribution in [0.4, 0.5) is 5.13 Å². The molecule has 1 amide bonds. The molecule has 0 aliphatic heterocycles. The summed E-state index contributed by atoms with van der Waals surface area (Å²) in [5.41, 5.74) is 0. The number of rotatable bonds is 4. The van der Waals surface area contributed by atoms with Crippen molar-refractivity contribution in [2.45, 2.75) is 26.7 Å². The van der Waals surface area contributed by atoms with Gasteiger partial charge in [0, 0.05) is 6.42 Å². The summed E-state index contributed by atoms with van der Waals surface area (Å²) in [6, 6.07) is 0. The Morgan fingerprint density at radius 3 is 2.86 bits per heavy atom. The van der Waals surface area contributed by atoms with E-state index in [4.69, 9.17) is 0 Å². The molecular weight excluding hydrogens is 202 g/mol. The molecule has 0 aliphatic rings. The van der Waals surface area contributed by atoms with Crippen molar-refractivity contribution in [3.05, 3.63) is 9.67 Å². The highest BCUT2D eigenvalue weighted by molar-refractivity contribution is 7.13. The summed E-state index contributed by atoms with van der Waals surface area (Å²) in [4.78, 5) is 21.7. The normalized spacial score (nSPS) is 10.5. The van der Waals surface area contributed by atoms with E-state index in [0.717, 1.165) is 17.8 Å². The number of carbonyl (C=O) groups excluding carboxylic acids is 1. The Hall–Kier alpha value is -1.17. The highest BCUT2D eigenvalue weighted by Gasteiger charge is 2.06. The van der Waals surface area contributed by atoms with E-state index in [-0.39, 0.29) is 10.8 Å². The van der Waals surface area contributed by atoms with Crippen LogP contribution in [0.3, 0.4) is 0 Å². The van der Waals surface area contributed by atoms with E-state index < -0.39 is 0 Å². The number of H-pyrrole nitrogens is 1. The standard InChI is InChI=1S/C8H13N3O2S/c1-5(2)3-4-6(12)9-7-10-11-8(13)14-7/h5H,3-4H2,1-2H3,(H,11,13)(H,9,10,12). The summed E-state index contributed by atoms with van der Waals surface area (Å²) in [7, 11) is 0. The number of nitrogens with one attached hydrogen (secondary N) is 2. The molecule has 1 aromatic heterocycles. The Bertz CT molecular complexity index is 355. The zero-order chi connectivity index (χ0) is 10.6. The van der Waals surface area contributed by atoms with Gasteiger partial charge in [0.05, 0.1) is 0 Å². The monoisotopic (exact) mass is 215 g/mol. The fourth-order valence-corrected chi connectivity index (χ4v) is 1.41. The van der Waals surface area contributed by atoms with E-state index in [1.807, 2.05) is 0 Å². The second-order valence-corrected chi connectivity index (χ2v) is 4.36. The average Bonchev–Trinajstić information content (AvgIpc) is 2.48. The van der Waals surface area contributed by atoms with Crippen molar-refractivity contribution in [1.29, 1.82) is 0 Å². The molecule has 14 heavy (non-hydrogen) atoms. The Morgan fingerprint density at radius 1 is 1.64 bits per heavy atom. The van der Waals surface area contributed by atoms with E-state index in [1.165, 1.54) is 0 Å². The summed E-state index contributed by atoms with van der Waals surface area (Å²) in [5.74, 6) is 0.403. The van der Waals surface area contributed by atoms with Crippen molar-refractivity contribution < 1.29 is 4.79 Å². The summed E-state index contributed by atoms with van der Waals surface area (Å²) >= 11 is 0.896. The fraction of sp³-hybridized carbons (Fsp3) is 0.625. The predicted octanol–water partition coefficient (Wildman–Crippen LogP) is 1.21. The van der Waals surface area contributed by atoms with Crippen LogP contribution in [-0.2, 0) is 4.79 Å². The second-order valence-electron chi connectivity index (χ2n) is 3.40. The molecule has 0 unspecified atom stereocenters. The zero-order valence-electron chi connectivity index (χ0n) is 8.16. The highest BCUT2D eigenvalue weighted by Crippen LogP contribution is 2.07. The maximum absolute atomic E-state index is 11.3. The third-order valence-corrected chi connectivity index (χ3v) is 2.30. The summed E-state index contributed by atoms with van der Waals surface area (Å²) in [6.45, 7) is 4.11. The van der Waals surface area contributed by atoms with E-state index in [0.29, 0.717) is 17.5 Å². The van der Waals surface area contributed by atoms with Gasteiger partial charge in [-0.1, -0.05) is 13.8 Å². The molecule has 0 aromatic carbocycles. The first kappa shape index (κ1) is 10.9. The van der Waals surface area contributed by atoms with Crippen LogP contribution >= 0.6 is 11.3 Å². The van der Waals surface area contributed by atoms with Crippen LogP contribution in [0.2, 0.25) is 0 Å². The molecule has 0 fully saturated rings. The van der Waals surface area contributed by atoms with E-state index >= 15 is 0 Å². The highest BCUT2D eigenvalue weighted by atomic mass is 32.1. The minimum atomic E-state index is -0.260. The van der Waals surface area contributed by atoms with Gasteiger partial charge in [0.1, 0.15) is 0 Å². The average molecular weight is 215 g/mol. The van der Waals surface area contributed by atoms with Gasteiger partial charge in [-0.05, 0) is 23.7 Å². The smallest absolute Gasteiger partial charge is 0.301 e. The fourth-order valence-electron chi connectivity index (χ4n) is 0.885. The molecule has 0 aliphatic carbocycles. The van der Waals surface area contributed by atoms with Crippen molar-refractivity contribution in [1.82, 2.24) is 10.2 Å². The lowest BCUT2D eigenvalue weighted by molar-refractivity contribution is -0.116. The molecule has 0 spiro atoms. The van der Waals surface area contributed by atoms with E-state index in [1.54, 1.807) is 0 Å². The molecule has 2 N–H and O–H groups in total. The van der Waals surface area contributed by atoms with Crippen LogP contribution in [-0.4, -0.2) is 16.1 Å². The van der Waals surface area contributed by atoms with Crippen molar-refractivity contribution >= 4 is 22.4 Å². The van der Waals surface area contributed by atoms with Crippen LogP contribution in [0, 0.1) is 5.92 Å². The topological polar surface area (TPSA) is 74.8 Å². The third kappa shape index (κ3) is 3.69. The maximum Gasteiger partial charge on any atom is 0.324 e. The second kappa shape index (κ2) is 4.90. The van der Waals surface area contributed by atoms with Crippen LogP contribution in [0.5, 0.6) is 0 Å². The number of carbonyl (C=O) groups is 1. The number of anilines is 1. The molecule has 78 valence electrons. The lowest BCUT2D eigenvalue weighted by atomic mass is 10.1. The SMILES string of the molecule is CC(C)CCC(=O)Nc1n[nH]c(=O)s1. The quantitative estimate of drug-likeness (QED) is 0.792. The van der Waals surface area contributed by atoms with Gasteiger partial charge in [-0.25, -0.2) is 5.10 Å². The van der Waals surface area contributed by atoms with Crippen LogP contribution in [0.1, 0.15) is 26.7 Å². The lowest BCUT2D eigenvalue weighted by Gasteiger charge is -2.03. The van der Waals surface area contributed by atoms with Crippen molar-refractivity contribution in [3.63, 3.8) is 0 Å². The van der Waals surface area contributed by atoms with Crippen molar-refractivity contribution in [2.24, 2.45) is 5.92 Å². The van der Waals surface area contributed by atoms with Gasteiger partial charge >= 0.3 is 4.87 Å². The Balaban J connectivity index is 2.38. The Labute approximate surface area is 85.5 Å². The van der Waals surface area contributed by atoms with Crippen LogP contribution < -0.4 is 10.2 Å². The van der Waals surface area contributed by atoms with Gasteiger partial charge < -0.3 is 5.32 Å². The molecule has 5 nitrogen and oxygen atoms in total. The largest absolute Gasteiger partial charge is 0.324 e. The number of hydrogen-bond acceptors (Lipinski definition) is 4. The lowest BCUT2D eigenvalue weighted by Crippen LogP contribution is -2.11. The minimum Gasteiger partial charge on any atom is -0.301 e. The molecule has 0 bridgehead atoms. The minimum absolute atomic E-state index is 0.0959. The van der Waals surface area contributed by atoms with Gasteiger partial charge in [0.25, 0.3) is 0 Å². The number of aromatic amines is 1. The Morgan fingerprint density at radius 2 is 2.36 bits per heavy atom. The first-order valence-corrected chi connectivity index (χ1v) is 5.25. The summed E-state index contributed by atoms with van der Waals surface area (Å²) in [5, 5.41) is 8.76. The number of nitrogens with zero attached hydrogens (tertiary/aromatic N) is 1. The van der Waals surface area contributed by atoms with E-state index in [9.17, 15) is 9.59 Å². The van der Waals surface area contributed by atoms with E-state index in [2.05, 4.69) is 29.4 Å². The molecule has 0 radical (unpaired) electrons. The summed E-state index contributed by atoms with van der Waals surface area (Å²) < 4.78 is 0. The van der Waals surface area contributed by atoms with Gasteiger partial charge in [-0.15, -0.1) is 5.10 Å². The third-order valence-electron chi connectivity index (χ3n) is 1.63. The molecule has 6 heteroatoms. The number of hydrogen-bond donors (Lipinski definition) is 2. The van der Waals surface area contributed by atoms with Gasteiger partial charge in [-0.3, -0.25) is 9.59 Å². The molecular formula is C8H13N3O2S. The van der Waals surface area contributed by atoms with Gasteiger partial charge in [-0.2, -0.15) is 0 Å². The van der Waals surface area contributed by atoms with Crippen molar-refractivity contribution in [2.75, 3.05) is 5.32 Å². The number of aromatic nitrogens is 2. The van der Waals surface area contributed by atoms with Crippen molar-refractivity contribution in [3.8, 4) is 0 Å².